The van der Waals surface area contributed by atoms with Gasteiger partial charge in [0.2, 0.25) is 0 Å². The Bertz CT molecular complexity index is 1220. The van der Waals surface area contributed by atoms with Crippen LogP contribution in [0.5, 0.6) is 0 Å². The van der Waals surface area contributed by atoms with Gasteiger partial charge in [0.05, 0.1) is 12.9 Å². The van der Waals surface area contributed by atoms with Gasteiger partial charge in [0.15, 0.2) is 0 Å². The fourth-order valence-corrected chi connectivity index (χ4v) is 3.69. The fourth-order valence-electron chi connectivity index (χ4n) is 3.33. The van der Waals surface area contributed by atoms with E-state index in [-0.39, 0.29) is 6.23 Å². The highest BCUT2D eigenvalue weighted by Gasteiger charge is 2.08. The van der Waals surface area contributed by atoms with Gasteiger partial charge in [-0.05, 0) is 82.8 Å². The van der Waals surface area contributed by atoms with Crippen LogP contribution in [0, 0.1) is 17.3 Å². The molecule has 0 radical (unpaired) electrons. The van der Waals surface area contributed by atoms with Gasteiger partial charge in [-0.25, -0.2) is 0 Å². The lowest BCUT2D eigenvalue weighted by Gasteiger charge is -2.21. The average Bonchev–Trinajstić information content (AvgIpc) is 2.98. The van der Waals surface area contributed by atoms with E-state index in [4.69, 9.17) is 14.9 Å². The van der Waals surface area contributed by atoms with Crippen LogP contribution in [0.2, 0.25) is 0 Å². The maximum Gasteiger partial charge on any atom is 0.130 e. The predicted molar refractivity (Wildman–Crippen MR) is 186 cm³/mol. The maximum atomic E-state index is 7.49. The molecule has 0 aromatic heterocycles. The van der Waals surface area contributed by atoms with E-state index in [1.54, 1.807) is 13.2 Å². The van der Waals surface area contributed by atoms with E-state index in [1.807, 2.05) is 114 Å². The van der Waals surface area contributed by atoms with Crippen molar-refractivity contribution in [1.82, 2.24) is 4.90 Å². The number of likely N-dealkylation sites (N-methyl/N-ethyl adjacent to an activating group) is 1. The quantitative estimate of drug-likeness (QED) is 0.0757. The lowest BCUT2D eigenvalue weighted by atomic mass is 10.1. The van der Waals surface area contributed by atoms with Crippen LogP contribution in [0.1, 0.15) is 59.1 Å². The van der Waals surface area contributed by atoms with Crippen LogP contribution in [0.3, 0.4) is 0 Å². The first-order chi connectivity index (χ1) is 20.2. The third kappa shape index (κ3) is 17.4. The molecule has 228 valence electrons. The molecule has 0 aliphatic heterocycles. The maximum absolute atomic E-state index is 7.49. The summed E-state index contributed by atoms with van der Waals surface area (Å²) in [5.41, 5.74) is 5.65. The number of benzene rings is 2. The Hall–Kier alpha value is -3.37. The number of anilines is 1. The van der Waals surface area contributed by atoms with Gasteiger partial charge in [-0.1, -0.05) is 91.2 Å². The van der Waals surface area contributed by atoms with Crippen LogP contribution < -0.4 is 5.32 Å². The molecule has 0 fully saturated rings. The van der Waals surface area contributed by atoms with Crippen molar-refractivity contribution in [3.63, 3.8) is 0 Å². The van der Waals surface area contributed by atoms with Gasteiger partial charge in [-0.3, -0.25) is 4.90 Å². The summed E-state index contributed by atoms with van der Waals surface area (Å²) in [6, 6.07) is 16.0. The number of ether oxygens (including phenoxy) is 2. The Morgan fingerprint density at radius 1 is 1.12 bits per heavy atom. The van der Waals surface area contributed by atoms with E-state index < -0.39 is 0 Å². The number of nitrogens with one attached hydrogen (secondary N) is 2. The molecule has 0 heterocycles. The first-order valence-corrected chi connectivity index (χ1v) is 15.1. The van der Waals surface area contributed by atoms with E-state index in [0.29, 0.717) is 18.9 Å². The summed E-state index contributed by atoms with van der Waals surface area (Å²) in [6.45, 7) is 12.8. The Kier molecular flexibility index (Phi) is 22.3. The van der Waals surface area contributed by atoms with Crippen LogP contribution in [-0.2, 0) is 16.1 Å². The monoisotopic (exact) mass is 635 g/mol. The third-order valence-electron chi connectivity index (χ3n) is 5.41. The fraction of sp³-hybridized carbons (Fsp3) is 0.361. The molecule has 2 N–H and O–H groups in total. The lowest BCUT2D eigenvalue weighted by Crippen LogP contribution is -2.29. The average molecular weight is 637 g/mol. The lowest BCUT2D eigenvalue weighted by molar-refractivity contribution is 0.0111. The van der Waals surface area contributed by atoms with Crippen LogP contribution in [0.4, 0.5) is 5.69 Å². The van der Waals surface area contributed by atoms with Gasteiger partial charge in [-0.2, -0.15) is 0 Å². The summed E-state index contributed by atoms with van der Waals surface area (Å²) in [7, 11) is 5.84. The SMILES string of the molecule is CC.CC#C/C(=C\C=C/CC)COC(/C=C\C(C)=C\OCc1ccccc1)N(C)C.CNc1cc(Br)ccc1C(C)=N. The molecule has 2 aromatic carbocycles. The van der Waals surface area contributed by atoms with Crippen molar-refractivity contribution in [2.75, 3.05) is 33.1 Å². The van der Waals surface area contributed by atoms with Crippen molar-refractivity contribution >= 4 is 27.3 Å². The molecule has 6 heteroatoms. The molecule has 0 saturated heterocycles. The van der Waals surface area contributed by atoms with Crippen molar-refractivity contribution in [1.29, 1.82) is 5.41 Å². The highest BCUT2D eigenvalue weighted by atomic mass is 79.9. The Morgan fingerprint density at radius 2 is 1.81 bits per heavy atom. The Morgan fingerprint density at radius 3 is 2.38 bits per heavy atom. The van der Waals surface area contributed by atoms with E-state index >= 15 is 0 Å². The highest BCUT2D eigenvalue weighted by Crippen LogP contribution is 2.21. The summed E-state index contributed by atoms with van der Waals surface area (Å²) >= 11 is 3.38. The second-order valence-corrected chi connectivity index (χ2v) is 10.1. The van der Waals surface area contributed by atoms with Crippen molar-refractivity contribution in [3.8, 4) is 11.8 Å². The summed E-state index contributed by atoms with van der Waals surface area (Å²) in [5, 5.41) is 10.5. The number of halogens is 1. The normalized spacial score (nSPS) is 12.1. The molecule has 0 aliphatic rings. The van der Waals surface area contributed by atoms with Crippen LogP contribution >= 0.6 is 15.9 Å². The van der Waals surface area contributed by atoms with E-state index in [0.717, 1.165) is 38.9 Å². The van der Waals surface area contributed by atoms with Gasteiger partial charge >= 0.3 is 0 Å². The minimum Gasteiger partial charge on any atom is -0.496 e. The number of hydrogen-bond donors (Lipinski definition) is 2. The molecule has 0 bridgehead atoms. The Balaban J connectivity index is 0.000000994. The number of nitrogens with zero attached hydrogens (tertiary/aromatic N) is 1. The van der Waals surface area contributed by atoms with Crippen LogP contribution in [-0.4, -0.2) is 44.6 Å². The van der Waals surface area contributed by atoms with Gasteiger partial charge < -0.3 is 20.2 Å². The van der Waals surface area contributed by atoms with Crippen molar-refractivity contribution in [2.24, 2.45) is 0 Å². The molecule has 5 nitrogen and oxygen atoms in total. The second kappa shape index (κ2) is 24.2. The smallest absolute Gasteiger partial charge is 0.130 e. The molecule has 0 aliphatic carbocycles. The molecule has 2 rings (SSSR count). The molecular formula is C36H50BrN3O2. The molecule has 2 aromatic rings. The highest BCUT2D eigenvalue weighted by molar-refractivity contribution is 9.10. The van der Waals surface area contributed by atoms with Gasteiger partial charge in [0, 0.05) is 34.1 Å². The molecule has 0 saturated carbocycles. The summed E-state index contributed by atoms with van der Waals surface area (Å²) in [5.74, 6) is 6.05. The van der Waals surface area contributed by atoms with Gasteiger partial charge in [0.25, 0.3) is 0 Å². The molecule has 0 spiro atoms. The zero-order chi connectivity index (χ0) is 31.8. The van der Waals surface area contributed by atoms with Crippen LogP contribution in [0.25, 0.3) is 0 Å². The first-order valence-electron chi connectivity index (χ1n) is 14.3. The minimum absolute atomic E-state index is 0.144. The molecule has 1 atom stereocenters. The zero-order valence-electron chi connectivity index (χ0n) is 26.9. The summed E-state index contributed by atoms with van der Waals surface area (Å²) in [4.78, 5) is 2.02. The Labute approximate surface area is 264 Å². The van der Waals surface area contributed by atoms with E-state index in [9.17, 15) is 0 Å². The summed E-state index contributed by atoms with van der Waals surface area (Å²) < 4.78 is 12.7. The van der Waals surface area contributed by atoms with Crippen LogP contribution in [0.15, 0.2) is 101 Å². The minimum atomic E-state index is -0.144. The van der Waals surface area contributed by atoms with Crippen molar-refractivity contribution in [3.05, 3.63) is 112 Å². The van der Waals surface area contributed by atoms with Crippen molar-refractivity contribution in [2.45, 2.75) is 60.8 Å². The third-order valence-corrected chi connectivity index (χ3v) is 5.91. The molecule has 42 heavy (non-hydrogen) atoms. The molecule has 0 amide bonds. The van der Waals surface area contributed by atoms with E-state index in [2.05, 4.69) is 58.2 Å². The zero-order valence-corrected chi connectivity index (χ0v) is 28.5. The predicted octanol–water partition coefficient (Wildman–Crippen LogP) is 9.39. The standard InChI is InChI=1S/C25H33NO2.C9H11BrN2.C2H6/c1-6-8-10-14-23(13-7-2)21-28-25(26(4)5)18-17-22(3)19-27-20-24-15-11-9-12-16-24;1-6(11)8-4-3-7(10)5-9(8)12-2;1-2/h8-12,14-19,25H,6,20-21H2,1-5H3;3-5,11-12H,1-2H3;1-2H3/b10-8-,18-17-,22-19+,23-14+;;. The second-order valence-electron chi connectivity index (χ2n) is 9.15. The number of hydrogen-bond acceptors (Lipinski definition) is 5. The topological polar surface area (TPSA) is 57.6 Å². The van der Waals surface area contributed by atoms with Gasteiger partial charge in [0.1, 0.15) is 12.8 Å². The largest absolute Gasteiger partial charge is 0.496 e. The number of rotatable bonds is 13. The molecular weight excluding hydrogens is 586 g/mol. The first kappa shape index (κ1) is 38.6. The van der Waals surface area contributed by atoms with E-state index in [1.165, 1.54) is 0 Å². The van der Waals surface area contributed by atoms with Crippen molar-refractivity contribution < 1.29 is 9.47 Å². The summed E-state index contributed by atoms with van der Waals surface area (Å²) in [6.07, 6.45) is 12.8. The molecule has 1 unspecified atom stereocenters. The van der Waals surface area contributed by atoms with Gasteiger partial charge in [-0.15, -0.1) is 5.92 Å². The number of allylic oxidation sites excluding steroid dienone is 5.